The molecule has 0 saturated heterocycles. The quantitative estimate of drug-likeness (QED) is 0.259. The molecule has 0 fully saturated rings. The minimum absolute atomic E-state index is 0.00716. The van der Waals surface area contributed by atoms with E-state index in [4.69, 9.17) is 4.74 Å². The van der Waals surface area contributed by atoms with Crippen LogP contribution >= 0.6 is 0 Å². The Balaban J connectivity index is 1.65. The number of methoxy groups -OCH3 is 1. The molecule has 0 spiro atoms. The fourth-order valence-corrected chi connectivity index (χ4v) is 4.42. The van der Waals surface area contributed by atoms with Gasteiger partial charge in [-0.2, -0.15) is 4.39 Å². The molecule has 0 amide bonds. The second-order valence-electron chi connectivity index (χ2n) is 8.38. The first-order valence-electron chi connectivity index (χ1n) is 11.3. The summed E-state index contributed by atoms with van der Waals surface area (Å²) in [5, 5.41) is 0. The second kappa shape index (κ2) is 9.82. The van der Waals surface area contributed by atoms with Crippen LogP contribution in [0, 0.1) is 23.3 Å². The average Bonchev–Trinajstić information content (AvgIpc) is 2.81. The molecule has 33 heavy (non-hydrogen) atoms. The largest absolute Gasteiger partial charge is 0.494 e. The summed E-state index contributed by atoms with van der Waals surface area (Å²) in [5.41, 5.74) is 3.18. The first-order chi connectivity index (χ1) is 15.9. The average molecular weight is 455 g/mol. The van der Waals surface area contributed by atoms with Gasteiger partial charge in [0, 0.05) is 16.7 Å². The van der Waals surface area contributed by atoms with Crippen molar-refractivity contribution in [2.45, 2.75) is 45.4 Å². The van der Waals surface area contributed by atoms with Gasteiger partial charge in [0.05, 0.1) is 7.11 Å². The molecule has 1 aliphatic rings. The summed E-state index contributed by atoms with van der Waals surface area (Å²) in [5.74, 6) is -3.39. The third-order valence-electron chi connectivity index (χ3n) is 6.26. The predicted molar refractivity (Wildman–Crippen MR) is 124 cm³/mol. The molecule has 3 aromatic rings. The number of aryl methyl sites for hydroxylation is 1. The van der Waals surface area contributed by atoms with Crippen LogP contribution in [0.1, 0.15) is 54.9 Å². The lowest BCUT2D eigenvalue weighted by atomic mass is 9.86. The smallest absolute Gasteiger partial charge is 0.201 e. The molecule has 1 nitrogen and oxygen atoms in total. The second-order valence-corrected chi connectivity index (χ2v) is 8.38. The van der Waals surface area contributed by atoms with E-state index in [-0.39, 0.29) is 22.7 Å². The van der Waals surface area contributed by atoms with Crippen LogP contribution in [0.4, 0.5) is 17.6 Å². The van der Waals surface area contributed by atoms with Crippen molar-refractivity contribution in [2.75, 3.05) is 7.11 Å². The van der Waals surface area contributed by atoms with E-state index >= 15 is 4.39 Å². The summed E-state index contributed by atoms with van der Waals surface area (Å²) in [4.78, 5) is 0. The molecule has 5 heteroatoms. The van der Waals surface area contributed by atoms with Crippen LogP contribution in [0.25, 0.3) is 22.8 Å². The van der Waals surface area contributed by atoms with E-state index in [1.54, 1.807) is 24.3 Å². The Bertz CT molecular complexity index is 1210. The van der Waals surface area contributed by atoms with E-state index in [1.807, 2.05) is 6.07 Å². The van der Waals surface area contributed by atoms with Gasteiger partial charge in [0.15, 0.2) is 11.6 Å². The van der Waals surface area contributed by atoms with Gasteiger partial charge < -0.3 is 4.74 Å². The third-order valence-corrected chi connectivity index (χ3v) is 6.26. The molecule has 0 N–H and O–H groups in total. The fourth-order valence-electron chi connectivity index (χ4n) is 4.42. The summed E-state index contributed by atoms with van der Waals surface area (Å²) in [6.45, 7) is 2.13. The Morgan fingerprint density at radius 3 is 2.24 bits per heavy atom. The van der Waals surface area contributed by atoms with Crippen molar-refractivity contribution in [3.8, 4) is 16.9 Å². The van der Waals surface area contributed by atoms with E-state index in [0.29, 0.717) is 29.5 Å². The molecule has 0 bridgehead atoms. The zero-order valence-electron chi connectivity index (χ0n) is 18.8. The summed E-state index contributed by atoms with van der Waals surface area (Å²) >= 11 is 0. The van der Waals surface area contributed by atoms with Gasteiger partial charge in [-0.05, 0) is 66.1 Å². The van der Waals surface area contributed by atoms with Gasteiger partial charge in [0.1, 0.15) is 11.6 Å². The van der Waals surface area contributed by atoms with E-state index in [1.165, 1.54) is 25.3 Å². The van der Waals surface area contributed by atoms with Gasteiger partial charge in [0.2, 0.25) is 5.82 Å². The minimum atomic E-state index is -1.15. The van der Waals surface area contributed by atoms with Crippen LogP contribution in [0.5, 0.6) is 5.75 Å². The van der Waals surface area contributed by atoms with Gasteiger partial charge in [-0.1, -0.05) is 50.1 Å². The van der Waals surface area contributed by atoms with Crippen molar-refractivity contribution >= 4 is 11.6 Å². The molecule has 0 unspecified atom stereocenters. The lowest BCUT2D eigenvalue weighted by molar-refractivity contribution is 0.372. The number of fused-ring (bicyclic) bond motifs is 1. The van der Waals surface area contributed by atoms with Crippen LogP contribution in [-0.4, -0.2) is 7.11 Å². The number of allylic oxidation sites excluding steroid dienone is 1. The summed E-state index contributed by atoms with van der Waals surface area (Å²) in [6.07, 6.45) is 6.70. The molecular formula is C28H26F4O. The highest BCUT2D eigenvalue weighted by Crippen LogP contribution is 2.38. The van der Waals surface area contributed by atoms with Crippen molar-refractivity contribution in [1.29, 1.82) is 0 Å². The number of ether oxygens (including phenoxy) is 1. The highest BCUT2D eigenvalue weighted by Gasteiger charge is 2.23. The Hall–Kier alpha value is -3.08. The molecule has 0 radical (unpaired) electrons. The summed E-state index contributed by atoms with van der Waals surface area (Å²) in [6, 6.07) is 11.0. The van der Waals surface area contributed by atoms with Crippen molar-refractivity contribution in [1.82, 2.24) is 0 Å². The highest BCUT2D eigenvalue weighted by molar-refractivity contribution is 5.86. The van der Waals surface area contributed by atoms with Gasteiger partial charge in [0.25, 0.3) is 0 Å². The van der Waals surface area contributed by atoms with Crippen LogP contribution in [-0.2, 0) is 12.8 Å². The molecule has 0 atom stereocenters. The normalized spacial score (nSPS) is 13.0. The number of unbranched alkanes of at least 4 members (excludes halogenated alkanes) is 2. The third kappa shape index (κ3) is 4.54. The predicted octanol–water partition coefficient (Wildman–Crippen LogP) is 8.14. The SMILES string of the molecule is CCCCCc1ccc(C2=Cc3ccc(-c4ccc(OC)c(F)c4F)c(F)c3CC2)c(F)c1. The lowest BCUT2D eigenvalue weighted by Crippen LogP contribution is -2.05. The van der Waals surface area contributed by atoms with E-state index < -0.39 is 17.5 Å². The van der Waals surface area contributed by atoms with Gasteiger partial charge in [-0.15, -0.1) is 0 Å². The molecule has 172 valence electrons. The van der Waals surface area contributed by atoms with Crippen LogP contribution in [0.3, 0.4) is 0 Å². The Morgan fingerprint density at radius 1 is 0.788 bits per heavy atom. The maximum atomic E-state index is 15.3. The molecule has 0 aromatic heterocycles. The summed E-state index contributed by atoms with van der Waals surface area (Å²) < 4.78 is 63.6. The molecular weight excluding hydrogens is 428 g/mol. The summed E-state index contributed by atoms with van der Waals surface area (Å²) in [7, 11) is 1.24. The maximum absolute atomic E-state index is 15.3. The van der Waals surface area contributed by atoms with Gasteiger partial charge >= 0.3 is 0 Å². The minimum Gasteiger partial charge on any atom is -0.494 e. The van der Waals surface area contributed by atoms with Crippen molar-refractivity contribution in [3.63, 3.8) is 0 Å². The lowest BCUT2D eigenvalue weighted by Gasteiger charge is -2.20. The maximum Gasteiger partial charge on any atom is 0.201 e. The fraction of sp³-hybridized carbons (Fsp3) is 0.286. The number of rotatable bonds is 7. The highest BCUT2D eigenvalue weighted by atomic mass is 19.2. The van der Waals surface area contributed by atoms with Gasteiger partial charge in [-0.25, -0.2) is 13.2 Å². The van der Waals surface area contributed by atoms with Crippen LogP contribution in [0.2, 0.25) is 0 Å². The number of hydrogen-bond donors (Lipinski definition) is 0. The van der Waals surface area contributed by atoms with Crippen molar-refractivity contribution in [3.05, 3.63) is 88.0 Å². The van der Waals surface area contributed by atoms with E-state index in [9.17, 15) is 13.2 Å². The number of halogens is 4. The molecule has 0 saturated carbocycles. The Morgan fingerprint density at radius 2 is 1.52 bits per heavy atom. The van der Waals surface area contributed by atoms with Gasteiger partial charge in [-0.3, -0.25) is 0 Å². The number of benzene rings is 3. The zero-order valence-corrected chi connectivity index (χ0v) is 18.8. The zero-order chi connectivity index (χ0) is 23.5. The first-order valence-corrected chi connectivity index (χ1v) is 11.3. The Kier molecular flexibility index (Phi) is 6.87. The van der Waals surface area contributed by atoms with Crippen LogP contribution in [0.15, 0.2) is 42.5 Å². The number of hydrogen-bond acceptors (Lipinski definition) is 1. The van der Waals surface area contributed by atoms with E-state index in [0.717, 1.165) is 36.8 Å². The van der Waals surface area contributed by atoms with E-state index in [2.05, 4.69) is 6.92 Å². The molecule has 1 aliphatic carbocycles. The standard InChI is InChI=1S/C28H26F4O/c1-3-4-5-6-17-7-10-20(24(29)15-17)18-8-11-21-19(16-18)9-12-22(26(21)30)23-13-14-25(33-2)28(32)27(23)31/h7,9-10,12-16H,3-6,8,11H2,1-2H3. The molecule has 3 aromatic carbocycles. The topological polar surface area (TPSA) is 9.23 Å². The van der Waals surface area contributed by atoms with Crippen molar-refractivity contribution < 1.29 is 22.3 Å². The van der Waals surface area contributed by atoms with Crippen LogP contribution < -0.4 is 4.74 Å². The monoisotopic (exact) mass is 454 g/mol. The Labute approximate surface area is 191 Å². The molecule has 0 heterocycles. The molecule has 0 aliphatic heterocycles. The first kappa shape index (κ1) is 23.1. The molecule has 4 rings (SSSR count). The van der Waals surface area contributed by atoms with Crippen molar-refractivity contribution in [2.24, 2.45) is 0 Å².